The van der Waals surface area contributed by atoms with Crippen molar-refractivity contribution in [3.8, 4) is 11.1 Å². The van der Waals surface area contributed by atoms with E-state index in [-0.39, 0.29) is 29.6 Å². The van der Waals surface area contributed by atoms with E-state index in [4.69, 9.17) is 4.74 Å². The van der Waals surface area contributed by atoms with Crippen molar-refractivity contribution in [3.63, 3.8) is 0 Å². The van der Waals surface area contributed by atoms with Crippen LogP contribution in [0.15, 0.2) is 54.6 Å². The standard InChI is InChI=1S/C21H28.C4H10O.Na.H/c1-2-3-4-5-6-7-9-14-20-17-12-13-18-21(20)19-15-10-8-11-16-19;1-3-5-4-2;;/h8,10-13,15-18H,2-7,9,14H2,1H3;3-4H2,1-2H3;;. The molecule has 0 saturated carbocycles. The molecule has 0 atom stereocenters. The summed E-state index contributed by atoms with van der Waals surface area (Å²) in [4.78, 5) is 0. The summed E-state index contributed by atoms with van der Waals surface area (Å²) < 4.78 is 4.83. The van der Waals surface area contributed by atoms with Gasteiger partial charge in [-0.05, 0) is 43.4 Å². The molecule has 0 aliphatic rings. The van der Waals surface area contributed by atoms with Crippen LogP contribution in [0.3, 0.4) is 0 Å². The van der Waals surface area contributed by atoms with Crippen molar-refractivity contribution in [1.82, 2.24) is 0 Å². The van der Waals surface area contributed by atoms with Crippen LogP contribution in [0, 0.1) is 0 Å². The van der Waals surface area contributed by atoms with Gasteiger partial charge < -0.3 is 4.74 Å². The van der Waals surface area contributed by atoms with Gasteiger partial charge in [-0.2, -0.15) is 0 Å². The Morgan fingerprint density at radius 1 is 0.630 bits per heavy atom. The van der Waals surface area contributed by atoms with Gasteiger partial charge in [0, 0.05) is 13.2 Å². The van der Waals surface area contributed by atoms with Gasteiger partial charge >= 0.3 is 29.6 Å². The number of hydrogen-bond donors (Lipinski definition) is 0. The summed E-state index contributed by atoms with van der Waals surface area (Å²) in [6.45, 7) is 7.94. The minimum atomic E-state index is 0. The molecule has 2 heteroatoms. The first kappa shape index (κ1) is 26.4. The average molecular weight is 379 g/mol. The maximum atomic E-state index is 4.83. The monoisotopic (exact) mass is 378 g/mol. The van der Waals surface area contributed by atoms with E-state index in [2.05, 4.69) is 61.5 Å². The third-order valence-electron chi connectivity index (χ3n) is 4.56. The first-order valence-corrected chi connectivity index (χ1v) is 10.5. The van der Waals surface area contributed by atoms with E-state index in [1.165, 1.54) is 68.1 Å². The molecule has 0 saturated heterocycles. The van der Waals surface area contributed by atoms with Gasteiger partial charge in [-0.1, -0.05) is 100 Å². The van der Waals surface area contributed by atoms with Gasteiger partial charge in [0.15, 0.2) is 0 Å². The Bertz CT molecular complexity index is 551. The predicted octanol–water partition coefficient (Wildman–Crippen LogP) is 7.04. The van der Waals surface area contributed by atoms with Gasteiger partial charge in [0.1, 0.15) is 0 Å². The topological polar surface area (TPSA) is 9.23 Å². The first-order valence-electron chi connectivity index (χ1n) is 10.5. The second-order valence-corrected chi connectivity index (χ2v) is 6.68. The molecule has 0 spiro atoms. The molecule has 0 heterocycles. The molecule has 0 aliphatic carbocycles. The van der Waals surface area contributed by atoms with Crippen molar-refractivity contribution in [2.24, 2.45) is 0 Å². The number of benzene rings is 2. The Labute approximate surface area is 190 Å². The molecule has 0 amide bonds. The fourth-order valence-electron chi connectivity index (χ4n) is 3.11. The second kappa shape index (κ2) is 18.7. The van der Waals surface area contributed by atoms with E-state index in [0.717, 1.165) is 13.2 Å². The van der Waals surface area contributed by atoms with Crippen molar-refractivity contribution in [3.05, 3.63) is 60.2 Å². The summed E-state index contributed by atoms with van der Waals surface area (Å²) in [5, 5.41) is 0. The van der Waals surface area contributed by atoms with E-state index in [1.54, 1.807) is 0 Å². The molecular formula is C25H39NaO. The summed E-state index contributed by atoms with van der Waals surface area (Å²) in [5.74, 6) is 0. The van der Waals surface area contributed by atoms with Crippen LogP contribution in [0.25, 0.3) is 11.1 Å². The van der Waals surface area contributed by atoms with Crippen LogP contribution in [0.1, 0.15) is 71.3 Å². The molecule has 2 aromatic rings. The molecule has 2 aromatic carbocycles. The summed E-state index contributed by atoms with van der Waals surface area (Å²) >= 11 is 0. The molecule has 0 aromatic heterocycles. The summed E-state index contributed by atoms with van der Waals surface area (Å²) in [6, 6.07) is 19.6. The Hall–Kier alpha value is -0.600. The third kappa shape index (κ3) is 12.5. The van der Waals surface area contributed by atoms with Gasteiger partial charge in [0.2, 0.25) is 0 Å². The summed E-state index contributed by atoms with van der Waals surface area (Å²) in [6.07, 6.45) is 10.8. The van der Waals surface area contributed by atoms with Gasteiger partial charge in [0.05, 0.1) is 0 Å². The molecule has 0 N–H and O–H groups in total. The van der Waals surface area contributed by atoms with Crippen molar-refractivity contribution < 1.29 is 4.74 Å². The zero-order valence-electron chi connectivity index (χ0n) is 17.2. The fourth-order valence-corrected chi connectivity index (χ4v) is 3.11. The molecule has 146 valence electrons. The van der Waals surface area contributed by atoms with E-state index >= 15 is 0 Å². The van der Waals surface area contributed by atoms with Crippen LogP contribution in [-0.4, -0.2) is 42.8 Å². The van der Waals surface area contributed by atoms with Gasteiger partial charge in [-0.25, -0.2) is 0 Å². The second-order valence-electron chi connectivity index (χ2n) is 6.68. The maximum absolute atomic E-state index is 4.83. The quantitative estimate of drug-likeness (QED) is 0.301. The van der Waals surface area contributed by atoms with Crippen molar-refractivity contribution in [2.75, 3.05) is 13.2 Å². The predicted molar refractivity (Wildman–Crippen MR) is 123 cm³/mol. The molecule has 0 unspecified atom stereocenters. The number of ether oxygens (including phenoxy) is 1. The zero-order valence-corrected chi connectivity index (χ0v) is 17.2. The Morgan fingerprint density at radius 3 is 1.78 bits per heavy atom. The molecule has 0 bridgehead atoms. The zero-order chi connectivity index (χ0) is 18.9. The van der Waals surface area contributed by atoms with Crippen LogP contribution in [0.2, 0.25) is 0 Å². The normalized spacial score (nSPS) is 9.89. The van der Waals surface area contributed by atoms with E-state index in [9.17, 15) is 0 Å². The number of aryl methyl sites for hydroxylation is 1. The van der Waals surface area contributed by atoms with E-state index < -0.39 is 0 Å². The van der Waals surface area contributed by atoms with Gasteiger partial charge in [0.25, 0.3) is 0 Å². The molecule has 2 rings (SSSR count). The number of hydrogen-bond acceptors (Lipinski definition) is 1. The summed E-state index contributed by atoms with van der Waals surface area (Å²) in [7, 11) is 0. The number of rotatable bonds is 11. The molecule has 0 fully saturated rings. The Balaban J connectivity index is 0.00000100. The Morgan fingerprint density at radius 2 is 1.19 bits per heavy atom. The molecule has 1 nitrogen and oxygen atoms in total. The van der Waals surface area contributed by atoms with Crippen molar-refractivity contribution in [1.29, 1.82) is 0 Å². The van der Waals surface area contributed by atoms with Crippen molar-refractivity contribution >= 4 is 29.6 Å². The van der Waals surface area contributed by atoms with Gasteiger partial charge in [-0.3, -0.25) is 0 Å². The third-order valence-corrected chi connectivity index (χ3v) is 4.56. The van der Waals surface area contributed by atoms with E-state index in [0.29, 0.717) is 0 Å². The minimum absolute atomic E-state index is 0. The fraction of sp³-hybridized carbons (Fsp3) is 0.520. The molecular weight excluding hydrogens is 339 g/mol. The molecule has 0 aliphatic heterocycles. The van der Waals surface area contributed by atoms with Crippen LogP contribution in [-0.2, 0) is 11.2 Å². The summed E-state index contributed by atoms with van der Waals surface area (Å²) in [5.41, 5.74) is 4.25. The molecule has 27 heavy (non-hydrogen) atoms. The van der Waals surface area contributed by atoms with E-state index in [1.807, 2.05) is 13.8 Å². The number of unbranched alkanes of at least 4 members (excludes halogenated alkanes) is 6. The van der Waals surface area contributed by atoms with Crippen LogP contribution < -0.4 is 0 Å². The SMILES string of the molecule is CCCCCCCCCc1ccccc1-c1ccccc1.CCOCC.[NaH]. The van der Waals surface area contributed by atoms with Crippen LogP contribution in [0.5, 0.6) is 0 Å². The average Bonchev–Trinajstić information content (AvgIpc) is 2.69. The Kier molecular flexibility index (Phi) is 18.3. The van der Waals surface area contributed by atoms with Gasteiger partial charge in [-0.15, -0.1) is 0 Å². The van der Waals surface area contributed by atoms with Crippen molar-refractivity contribution in [2.45, 2.75) is 72.1 Å². The first-order chi connectivity index (χ1) is 12.8. The molecule has 0 radical (unpaired) electrons. The van der Waals surface area contributed by atoms with Crippen LogP contribution >= 0.6 is 0 Å². The van der Waals surface area contributed by atoms with Crippen LogP contribution in [0.4, 0.5) is 0 Å².